The molecule has 0 aliphatic heterocycles. The molecule has 0 fully saturated rings. The molecule has 0 aromatic heterocycles. The highest BCUT2D eigenvalue weighted by atomic mass is 79.9. The number of alkyl halides is 4. The van der Waals surface area contributed by atoms with Crippen LogP contribution in [0.15, 0.2) is 28.0 Å². The topological polar surface area (TPSA) is 17.1 Å². The molecule has 1 unspecified atom stereocenters. The molecule has 0 radical (unpaired) electrons. The first kappa shape index (κ1) is 15.9. The normalized spacial score (nSPS) is 13.4. The Morgan fingerprint density at radius 1 is 1.33 bits per heavy atom. The molecule has 1 atom stereocenters. The van der Waals surface area contributed by atoms with Crippen molar-refractivity contribution in [2.24, 2.45) is 0 Å². The van der Waals surface area contributed by atoms with Crippen LogP contribution < -0.4 is 0 Å². The van der Waals surface area contributed by atoms with E-state index in [1.54, 1.807) is 25.3 Å². The fraction of sp³-hybridized carbons (Fsp3) is 0.364. The zero-order valence-corrected chi connectivity index (χ0v) is 12.8. The second-order valence-corrected chi connectivity index (χ2v) is 6.72. The summed E-state index contributed by atoms with van der Waals surface area (Å²) in [6.45, 7) is 1.64. The third-order valence-electron chi connectivity index (χ3n) is 2.04. The summed E-state index contributed by atoms with van der Waals surface area (Å²) in [5.41, 5.74) is -4.07. The van der Waals surface area contributed by atoms with Gasteiger partial charge in [-0.1, -0.05) is 22.0 Å². The minimum absolute atomic E-state index is 0.0639. The first-order chi connectivity index (χ1) is 8.24. The molecule has 0 saturated heterocycles. The van der Waals surface area contributed by atoms with Gasteiger partial charge in [-0.3, -0.25) is 4.79 Å². The maximum Gasteiger partial charge on any atom is 0.446 e. The van der Waals surface area contributed by atoms with Gasteiger partial charge in [-0.2, -0.15) is 13.2 Å². The molecule has 1 aromatic rings. The van der Waals surface area contributed by atoms with Crippen LogP contribution in [0.2, 0.25) is 0 Å². The largest absolute Gasteiger partial charge is 0.446 e. The van der Waals surface area contributed by atoms with Crippen LogP contribution in [-0.2, 0) is 0 Å². The van der Waals surface area contributed by atoms with E-state index in [2.05, 4.69) is 15.9 Å². The van der Waals surface area contributed by atoms with Crippen LogP contribution in [0.3, 0.4) is 0 Å². The Balaban J connectivity index is 3.13. The Morgan fingerprint density at radius 2 is 1.94 bits per heavy atom. The summed E-state index contributed by atoms with van der Waals surface area (Å²) in [5.74, 6) is -0.230. The van der Waals surface area contributed by atoms with E-state index in [9.17, 15) is 18.0 Å². The molecule has 100 valence electrons. The first-order valence-electron chi connectivity index (χ1n) is 4.86. The molecule has 0 spiro atoms. The summed E-state index contributed by atoms with van der Waals surface area (Å²) in [7, 11) is 0. The van der Waals surface area contributed by atoms with Crippen LogP contribution in [-0.4, -0.2) is 22.4 Å². The van der Waals surface area contributed by atoms with Gasteiger partial charge in [-0.05, 0) is 37.1 Å². The van der Waals surface area contributed by atoms with Crippen molar-refractivity contribution in [1.29, 1.82) is 0 Å². The van der Waals surface area contributed by atoms with Gasteiger partial charge in [0, 0.05) is 15.4 Å². The number of Topliss-reactive ketones (excluding diaryl/α,β-unsaturated/α-hetero) is 1. The molecule has 7 heteroatoms. The fourth-order valence-electron chi connectivity index (χ4n) is 1.26. The quantitative estimate of drug-likeness (QED) is 0.429. The summed E-state index contributed by atoms with van der Waals surface area (Å²) in [4.78, 5) is 11.9. The van der Waals surface area contributed by atoms with Crippen LogP contribution in [0, 0.1) is 0 Å². The van der Waals surface area contributed by atoms with Crippen molar-refractivity contribution in [3.63, 3.8) is 0 Å². The molecule has 0 heterocycles. The van der Waals surface area contributed by atoms with Gasteiger partial charge in [0.2, 0.25) is 0 Å². The van der Waals surface area contributed by atoms with E-state index >= 15 is 0 Å². The highest BCUT2D eigenvalue weighted by Gasteiger charge is 2.30. The highest BCUT2D eigenvalue weighted by molar-refractivity contribution is 9.10. The number of ketones is 1. The van der Waals surface area contributed by atoms with E-state index < -0.39 is 10.3 Å². The number of thioether (sulfide) groups is 2. The third-order valence-corrected chi connectivity index (χ3v) is 4.17. The maximum atomic E-state index is 12.4. The number of hydrogen-bond acceptors (Lipinski definition) is 3. The number of hydrogen-bond donors (Lipinski definition) is 0. The van der Waals surface area contributed by atoms with Gasteiger partial charge in [0.05, 0.1) is 4.83 Å². The molecule has 0 bridgehead atoms. The van der Waals surface area contributed by atoms with E-state index in [0.29, 0.717) is 4.90 Å². The minimum Gasteiger partial charge on any atom is -0.293 e. The molecular weight excluding hydrogens is 349 g/mol. The lowest BCUT2D eigenvalue weighted by molar-refractivity contribution is -0.0329. The van der Waals surface area contributed by atoms with Gasteiger partial charge in [0.1, 0.15) is 0 Å². The van der Waals surface area contributed by atoms with Gasteiger partial charge in [0.25, 0.3) is 0 Å². The van der Waals surface area contributed by atoms with Crippen LogP contribution in [0.5, 0.6) is 0 Å². The highest BCUT2D eigenvalue weighted by Crippen LogP contribution is 2.41. The molecular formula is C11H10BrF3OS2. The van der Waals surface area contributed by atoms with Crippen LogP contribution in [0.25, 0.3) is 0 Å². The maximum absolute atomic E-state index is 12.4. The van der Waals surface area contributed by atoms with Gasteiger partial charge in [-0.25, -0.2) is 0 Å². The Bertz CT molecular complexity index is 446. The number of carbonyl (C=O) groups is 1. The zero-order valence-electron chi connectivity index (χ0n) is 9.55. The monoisotopic (exact) mass is 358 g/mol. The van der Waals surface area contributed by atoms with E-state index in [1.807, 2.05) is 0 Å². The second kappa shape index (κ2) is 6.34. The van der Waals surface area contributed by atoms with Crippen molar-refractivity contribution >= 4 is 45.2 Å². The van der Waals surface area contributed by atoms with Crippen LogP contribution >= 0.6 is 39.5 Å². The number of benzene rings is 1. The molecule has 0 saturated carbocycles. The average Bonchev–Trinajstić information content (AvgIpc) is 2.25. The Kier molecular flexibility index (Phi) is 5.61. The average molecular weight is 359 g/mol. The van der Waals surface area contributed by atoms with E-state index in [-0.39, 0.29) is 28.0 Å². The van der Waals surface area contributed by atoms with Gasteiger partial charge in [-0.15, -0.1) is 11.8 Å². The molecule has 18 heavy (non-hydrogen) atoms. The number of rotatable bonds is 4. The van der Waals surface area contributed by atoms with Gasteiger partial charge >= 0.3 is 5.51 Å². The summed E-state index contributed by atoms with van der Waals surface area (Å²) < 4.78 is 37.2. The predicted molar refractivity (Wildman–Crippen MR) is 72.9 cm³/mol. The predicted octanol–water partition coefficient (Wildman–Crippen LogP) is 4.99. The standard InChI is InChI=1S/C11H10BrF3OS2/c1-6(12)10(16)7-3-4-8(17-2)9(5-7)18-11(13,14)15/h3-6H,1-2H3. The molecule has 1 aromatic carbocycles. The van der Waals surface area contributed by atoms with Crippen molar-refractivity contribution in [1.82, 2.24) is 0 Å². The molecule has 1 nitrogen and oxygen atoms in total. The summed E-state index contributed by atoms with van der Waals surface area (Å²) >= 11 is 4.14. The Labute approximate surface area is 120 Å². The van der Waals surface area contributed by atoms with Crippen molar-refractivity contribution in [3.8, 4) is 0 Å². The second-order valence-electron chi connectivity index (χ2n) is 3.39. The van der Waals surface area contributed by atoms with Gasteiger partial charge in [0.15, 0.2) is 5.78 Å². The third kappa shape index (κ3) is 4.51. The Hall–Kier alpha value is -0.140. The molecule has 0 aliphatic carbocycles. The molecule has 0 N–H and O–H groups in total. The van der Waals surface area contributed by atoms with Crippen molar-refractivity contribution < 1.29 is 18.0 Å². The summed E-state index contributed by atoms with van der Waals surface area (Å²) in [6, 6.07) is 4.39. The lowest BCUT2D eigenvalue weighted by Crippen LogP contribution is -2.10. The van der Waals surface area contributed by atoms with Crippen LogP contribution in [0.1, 0.15) is 17.3 Å². The zero-order chi connectivity index (χ0) is 13.9. The van der Waals surface area contributed by atoms with Crippen molar-refractivity contribution in [2.75, 3.05) is 6.26 Å². The molecule has 1 rings (SSSR count). The smallest absolute Gasteiger partial charge is 0.293 e. The lowest BCUT2D eigenvalue weighted by Gasteiger charge is -2.11. The van der Waals surface area contributed by atoms with Crippen LogP contribution in [0.4, 0.5) is 13.2 Å². The minimum atomic E-state index is -4.35. The van der Waals surface area contributed by atoms with Crippen molar-refractivity contribution in [3.05, 3.63) is 23.8 Å². The lowest BCUT2D eigenvalue weighted by atomic mass is 10.1. The number of carbonyl (C=O) groups excluding carboxylic acids is 1. The van der Waals surface area contributed by atoms with E-state index in [0.717, 1.165) is 0 Å². The summed E-state index contributed by atoms with van der Waals surface area (Å²) in [6.07, 6.45) is 1.70. The number of halogens is 4. The SMILES string of the molecule is CSc1ccc(C(=O)C(C)Br)cc1SC(F)(F)F. The van der Waals surface area contributed by atoms with E-state index in [1.165, 1.54) is 17.8 Å². The molecule has 0 aliphatic rings. The first-order valence-corrected chi connectivity index (χ1v) is 7.82. The molecule has 0 amide bonds. The van der Waals surface area contributed by atoms with E-state index in [4.69, 9.17) is 0 Å². The fourth-order valence-corrected chi connectivity index (χ4v) is 2.97. The summed E-state index contributed by atoms with van der Waals surface area (Å²) in [5, 5.41) is 0. The van der Waals surface area contributed by atoms with Crippen molar-refractivity contribution in [2.45, 2.75) is 27.1 Å². The Morgan fingerprint density at radius 3 is 2.39 bits per heavy atom. The van der Waals surface area contributed by atoms with Gasteiger partial charge < -0.3 is 0 Å².